The van der Waals surface area contributed by atoms with Crippen molar-refractivity contribution in [1.82, 2.24) is 15.0 Å². The van der Waals surface area contributed by atoms with Crippen LogP contribution in [-0.2, 0) is 13.2 Å². The summed E-state index contributed by atoms with van der Waals surface area (Å²) < 4.78 is 0. The fourth-order valence-electron chi connectivity index (χ4n) is 2.58. The number of benzene rings is 2. The van der Waals surface area contributed by atoms with E-state index >= 15 is 0 Å². The molecule has 0 aliphatic heterocycles. The second-order valence-corrected chi connectivity index (χ2v) is 5.64. The lowest BCUT2D eigenvalue weighted by Gasteiger charge is -2.08. The minimum atomic E-state index is 0.0123. The summed E-state index contributed by atoms with van der Waals surface area (Å²) in [5.41, 5.74) is 5.97. The first-order valence-corrected chi connectivity index (χ1v) is 7.58. The smallest absolute Gasteiger partial charge is 0.102 e. The minimum Gasteiger partial charge on any atom is -0.392 e. The Bertz CT molecular complexity index is 790. The molecule has 5 nitrogen and oxygen atoms in total. The van der Waals surface area contributed by atoms with E-state index in [1.807, 2.05) is 24.3 Å². The molecule has 0 saturated carbocycles. The van der Waals surface area contributed by atoms with Gasteiger partial charge in [-0.25, -0.2) is 0 Å². The van der Waals surface area contributed by atoms with Crippen LogP contribution in [0.15, 0.2) is 48.7 Å². The molecule has 2 aromatic carbocycles. The summed E-state index contributed by atoms with van der Waals surface area (Å²) in [4.78, 5) is 1.65. The van der Waals surface area contributed by atoms with Crippen molar-refractivity contribution in [2.75, 3.05) is 5.32 Å². The van der Waals surface area contributed by atoms with E-state index in [-0.39, 0.29) is 6.61 Å². The van der Waals surface area contributed by atoms with E-state index in [1.54, 1.807) is 11.0 Å². The number of hydrogen-bond donors (Lipinski definition) is 2. The third-order valence-electron chi connectivity index (χ3n) is 3.62. The highest BCUT2D eigenvalue weighted by Gasteiger charge is 2.05. The average molecular weight is 308 g/mol. The normalized spacial score (nSPS) is 10.7. The van der Waals surface area contributed by atoms with Gasteiger partial charge in [-0.3, -0.25) is 0 Å². The van der Waals surface area contributed by atoms with Crippen molar-refractivity contribution < 1.29 is 5.11 Å². The van der Waals surface area contributed by atoms with E-state index < -0.39 is 0 Å². The summed E-state index contributed by atoms with van der Waals surface area (Å²) in [6, 6.07) is 13.9. The number of aromatic nitrogens is 3. The average Bonchev–Trinajstić information content (AvgIpc) is 3.01. The topological polar surface area (TPSA) is 63.0 Å². The van der Waals surface area contributed by atoms with E-state index in [2.05, 4.69) is 47.6 Å². The molecule has 0 radical (unpaired) electrons. The van der Waals surface area contributed by atoms with E-state index in [0.717, 1.165) is 22.6 Å². The number of aliphatic hydroxyl groups excluding tert-OH is 1. The Hall–Kier alpha value is -2.66. The van der Waals surface area contributed by atoms with Crippen LogP contribution in [0.5, 0.6) is 0 Å². The van der Waals surface area contributed by atoms with Gasteiger partial charge in [-0.1, -0.05) is 24.3 Å². The SMILES string of the molecule is Cc1cc(C)cc(-n2ncc(CNc3ccccc3CO)n2)c1. The Morgan fingerprint density at radius 3 is 2.57 bits per heavy atom. The van der Waals surface area contributed by atoms with Crippen LogP contribution in [0.1, 0.15) is 22.4 Å². The number of nitrogens with one attached hydrogen (secondary N) is 1. The molecular weight excluding hydrogens is 288 g/mol. The molecule has 0 aliphatic carbocycles. The summed E-state index contributed by atoms with van der Waals surface area (Å²) in [5.74, 6) is 0. The predicted molar refractivity (Wildman–Crippen MR) is 90.5 cm³/mol. The molecule has 0 spiro atoms. The summed E-state index contributed by atoms with van der Waals surface area (Å²) >= 11 is 0. The van der Waals surface area contributed by atoms with Gasteiger partial charge in [-0.2, -0.15) is 15.0 Å². The quantitative estimate of drug-likeness (QED) is 0.760. The van der Waals surface area contributed by atoms with Crippen LogP contribution in [0.4, 0.5) is 5.69 Å². The first-order chi connectivity index (χ1) is 11.2. The maximum atomic E-state index is 9.35. The van der Waals surface area contributed by atoms with Gasteiger partial charge in [0, 0.05) is 11.3 Å². The van der Waals surface area contributed by atoms with Crippen LogP contribution in [0, 0.1) is 13.8 Å². The Labute approximate surface area is 135 Å². The molecule has 1 aromatic heterocycles. The van der Waals surface area contributed by atoms with E-state index in [1.165, 1.54) is 11.1 Å². The van der Waals surface area contributed by atoms with E-state index in [0.29, 0.717) is 6.54 Å². The van der Waals surface area contributed by atoms with Crippen LogP contribution in [0.3, 0.4) is 0 Å². The number of hydrogen-bond acceptors (Lipinski definition) is 4. The highest BCUT2D eigenvalue weighted by Crippen LogP contribution is 2.16. The van der Waals surface area contributed by atoms with Gasteiger partial charge in [-0.05, 0) is 43.2 Å². The van der Waals surface area contributed by atoms with Crippen molar-refractivity contribution in [3.63, 3.8) is 0 Å². The third kappa shape index (κ3) is 3.57. The molecule has 0 fully saturated rings. The minimum absolute atomic E-state index is 0.0123. The standard InChI is InChI=1S/C18H20N4O/c1-13-7-14(2)9-17(8-13)22-20-11-16(21-22)10-19-18-6-4-3-5-15(18)12-23/h3-9,11,19,23H,10,12H2,1-2H3. The van der Waals surface area contributed by atoms with Crippen molar-refractivity contribution in [2.45, 2.75) is 27.0 Å². The van der Waals surface area contributed by atoms with Gasteiger partial charge in [-0.15, -0.1) is 0 Å². The molecule has 0 unspecified atom stereocenters. The predicted octanol–water partition coefficient (Wildman–Crippen LogP) is 2.99. The monoisotopic (exact) mass is 308 g/mol. The molecule has 2 N–H and O–H groups in total. The van der Waals surface area contributed by atoms with Crippen LogP contribution in [0.2, 0.25) is 0 Å². The van der Waals surface area contributed by atoms with Crippen LogP contribution in [-0.4, -0.2) is 20.1 Å². The zero-order chi connectivity index (χ0) is 16.2. The maximum absolute atomic E-state index is 9.35. The molecule has 0 saturated heterocycles. The fraction of sp³-hybridized carbons (Fsp3) is 0.222. The fourth-order valence-corrected chi connectivity index (χ4v) is 2.58. The van der Waals surface area contributed by atoms with Crippen molar-refractivity contribution in [2.24, 2.45) is 0 Å². The molecule has 23 heavy (non-hydrogen) atoms. The Morgan fingerprint density at radius 2 is 1.83 bits per heavy atom. The molecule has 3 aromatic rings. The lowest BCUT2D eigenvalue weighted by Crippen LogP contribution is -2.04. The first-order valence-electron chi connectivity index (χ1n) is 7.58. The van der Waals surface area contributed by atoms with E-state index in [9.17, 15) is 5.11 Å². The number of rotatable bonds is 5. The van der Waals surface area contributed by atoms with Gasteiger partial charge in [0.2, 0.25) is 0 Å². The van der Waals surface area contributed by atoms with Gasteiger partial charge >= 0.3 is 0 Å². The van der Waals surface area contributed by atoms with Crippen molar-refractivity contribution in [3.8, 4) is 5.69 Å². The maximum Gasteiger partial charge on any atom is 0.102 e. The van der Waals surface area contributed by atoms with Crippen molar-refractivity contribution >= 4 is 5.69 Å². The van der Waals surface area contributed by atoms with Gasteiger partial charge < -0.3 is 10.4 Å². The van der Waals surface area contributed by atoms with Crippen LogP contribution < -0.4 is 5.32 Å². The largest absolute Gasteiger partial charge is 0.392 e. The molecule has 0 aliphatic rings. The highest BCUT2D eigenvalue weighted by atomic mass is 16.3. The summed E-state index contributed by atoms with van der Waals surface area (Å²) in [6.07, 6.45) is 1.76. The number of nitrogens with zero attached hydrogens (tertiary/aromatic N) is 3. The lowest BCUT2D eigenvalue weighted by molar-refractivity contribution is 0.282. The van der Waals surface area contributed by atoms with Crippen LogP contribution >= 0.6 is 0 Å². The summed E-state index contributed by atoms with van der Waals surface area (Å²) in [7, 11) is 0. The molecule has 118 valence electrons. The van der Waals surface area contributed by atoms with Crippen molar-refractivity contribution in [3.05, 3.63) is 71.0 Å². The van der Waals surface area contributed by atoms with E-state index in [4.69, 9.17) is 0 Å². The molecular formula is C18H20N4O. The number of anilines is 1. The van der Waals surface area contributed by atoms with Gasteiger partial charge in [0.25, 0.3) is 0 Å². The second kappa shape index (κ2) is 6.62. The molecule has 0 atom stereocenters. The molecule has 0 bridgehead atoms. The van der Waals surface area contributed by atoms with Gasteiger partial charge in [0.05, 0.1) is 25.0 Å². The van der Waals surface area contributed by atoms with Crippen molar-refractivity contribution in [1.29, 1.82) is 0 Å². The van der Waals surface area contributed by atoms with Gasteiger partial charge in [0.1, 0.15) is 5.69 Å². The third-order valence-corrected chi connectivity index (χ3v) is 3.62. The zero-order valence-electron chi connectivity index (χ0n) is 13.3. The highest BCUT2D eigenvalue weighted by molar-refractivity contribution is 5.50. The Kier molecular flexibility index (Phi) is 4.39. The number of aryl methyl sites for hydroxylation is 2. The molecule has 3 rings (SSSR count). The first kappa shape index (κ1) is 15.2. The summed E-state index contributed by atoms with van der Waals surface area (Å²) in [6.45, 7) is 4.70. The number of aliphatic hydroxyl groups is 1. The molecule has 5 heteroatoms. The zero-order valence-corrected chi connectivity index (χ0v) is 13.3. The van der Waals surface area contributed by atoms with Crippen LogP contribution in [0.25, 0.3) is 5.69 Å². The molecule has 1 heterocycles. The summed E-state index contributed by atoms with van der Waals surface area (Å²) in [5, 5.41) is 21.5. The Morgan fingerprint density at radius 1 is 1.09 bits per heavy atom. The lowest BCUT2D eigenvalue weighted by atomic mass is 10.1. The molecule has 0 amide bonds. The second-order valence-electron chi connectivity index (χ2n) is 5.64. The Balaban J connectivity index is 1.75. The van der Waals surface area contributed by atoms with Gasteiger partial charge in [0.15, 0.2) is 0 Å². The number of para-hydroxylation sites is 1.